The Balaban J connectivity index is 0.00000326. The highest BCUT2D eigenvalue weighted by molar-refractivity contribution is 6.22. The molecule has 1 fully saturated rings. The first-order valence-corrected chi connectivity index (χ1v) is 20.9. The van der Waals surface area contributed by atoms with Gasteiger partial charge in [0.05, 0.1) is 22.7 Å². The van der Waals surface area contributed by atoms with E-state index in [1.807, 2.05) is 52.8 Å². The number of carbonyl (C=O) groups is 3. The summed E-state index contributed by atoms with van der Waals surface area (Å²) in [6, 6.07) is 0.514. The van der Waals surface area contributed by atoms with Gasteiger partial charge in [0.25, 0.3) is 5.91 Å². The molecule has 0 aliphatic carbocycles. The number of anilines is 1. The molecular weight excluding hydrogens is 753 g/mol. The van der Waals surface area contributed by atoms with Crippen molar-refractivity contribution in [2.75, 3.05) is 12.4 Å². The Morgan fingerprint density at radius 1 is 0.983 bits per heavy atom. The van der Waals surface area contributed by atoms with Gasteiger partial charge in [0.1, 0.15) is 34.0 Å². The number of aromatic hydroxyl groups is 2. The number of Topliss-reactive ketones (excluding diaryl/α,β-unsaturated/α-hetero) is 1. The number of aliphatic hydroxyl groups is 2. The van der Waals surface area contributed by atoms with Gasteiger partial charge < -0.3 is 40.5 Å². The third-order valence-corrected chi connectivity index (χ3v) is 12.5. The number of rotatable bonds is 3. The van der Waals surface area contributed by atoms with Crippen molar-refractivity contribution in [2.24, 2.45) is 33.7 Å². The molecule has 13 nitrogen and oxygen atoms in total. The number of hydrogen-bond donors (Lipinski definition) is 6. The minimum absolute atomic E-state index is 0.00608. The number of ether oxygens (including phenoxy) is 2. The molecule has 0 radical (unpaired) electrons. The summed E-state index contributed by atoms with van der Waals surface area (Å²) in [5, 5.41) is 49.8. The molecule has 0 saturated carbocycles. The SMILES string of the molecule is CC(=O)O[C@H]1[C@H](C)[C@H](O)[C@H](C)C[C@@H](C)/C=C/C=C(/C)C(=O)N=c2c(O)c3c(O)c(C)c4c(c3c3c2=N[C@@](C)(CC2CCC(C)N2)N3)C(=O)[C@@](C)(C/C=C/C[C@H]1C)O4.CO. The lowest BCUT2D eigenvalue weighted by Crippen LogP contribution is -2.40. The Kier molecular flexibility index (Phi) is 13.8. The van der Waals surface area contributed by atoms with Crippen LogP contribution < -0.4 is 26.1 Å². The number of amides is 1. The van der Waals surface area contributed by atoms with Crippen LogP contribution >= 0.6 is 0 Å². The van der Waals surface area contributed by atoms with Crippen LogP contribution in [0.15, 0.2) is 45.9 Å². The number of nitrogens with one attached hydrogen (secondary N) is 2. The maximum absolute atomic E-state index is 14.7. The maximum Gasteiger partial charge on any atom is 0.302 e. The summed E-state index contributed by atoms with van der Waals surface area (Å²) < 4.78 is 12.3. The average Bonchev–Trinajstić information content (AvgIpc) is 3.83. The summed E-state index contributed by atoms with van der Waals surface area (Å²) >= 11 is 0. The number of fused-ring (bicyclic) bond motifs is 13. The van der Waals surface area contributed by atoms with Gasteiger partial charge in [0.15, 0.2) is 11.4 Å². The molecule has 13 heteroatoms. The molecule has 2 aromatic rings. The Hall–Kier alpha value is -4.59. The van der Waals surface area contributed by atoms with Crippen LogP contribution in [0, 0.1) is 30.6 Å². The van der Waals surface area contributed by atoms with Crippen molar-refractivity contribution in [1.29, 1.82) is 0 Å². The lowest BCUT2D eigenvalue weighted by molar-refractivity contribution is -0.156. The standard InChI is InChI=1S/C45H60N4O8.CH4O/c1-22-14-13-16-24(3)43(55)47-36-35-34(48-45(10,49-35)21-30-18-17-26(5)46-30)31-32(39(36)53)38(52)28(7)41-33(31)42(54)44(9,57-41)19-12-11-15-23(2)40(56-29(8)50)27(6)37(51)25(4)20-22;1-2/h11-14,16,22-23,25-27,30,37,40,46,48,51-53H,15,17-21H2,1-10H3;2H,1H3/b12-11+,14-13+,24-16-,47-36?;/t22-,23+,25+,26?,27+,30?,37+,40+,44+,45-;/m0./s1. The zero-order valence-electron chi connectivity index (χ0n) is 36.5. The second-order valence-electron chi connectivity index (χ2n) is 17.7. The summed E-state index contributed by atoms with van der Waals surface area (Å²) in [6.07, 6.45) is 11.8. The predicted octanol–water partition coefficient (Wildman–Crippen LogP) is 6.02. The highest BCUT2D eigenvalue weighted by Gasteiger charge is 2.48. The molecule has 322 valence electrons. The summed E-state index contributed by atoms with van der Waals surface area (Å²) in [4.78, 5) is 50.2. The second kappa shape index (κ2) is 17.9. The van der Waals surface area contributed by atoms with E-state index in [0.717, 1.165) is 20.0 Å². The molecule has 10 atom stereocenters. The number of phenolic OH excluding ortho intramolecular Hbond substituents is 2. The van der Waals surface area contributed by atoms with E-state index in [4.69, 9.17) is 19.6 Å². The van der Waals surface area contributed by atoms with Crippen LogP contribution in [0.3, 0.4) is 0 Å². The molecule has 5 aliphatic heterocycles. The third-order valence-electron chi connectivity index (χ3n) is 12.5. The van der Waals surface area contributed by atoms with Crippen LogP contribution in [0.5, 0.6) is 17.2 Å². The first-order valence-electron chi connectivity index (χ1n) is 20.9. The molecule has 2 aromatic carbocycles. The molecule has 6 N–H and O–H groups in total. The molecule has 59 heavy (non-hydrogen) atoms. The number of carbonyl (C=O) groups excluding carboxylic acids is 3. The number of nitrogens with zero attached hydrogens (tertiary/aromatic N) is 2. The predicted molar refractivity (Wildman–Crippen MR) is 227 cm³/mol. The van der Waals surface area contributed by atoms with Crippen molar-refractivity contribution in [2.45, 2.75) is 143 Å². The van der Waals surface area contributed by atoms with Crippen LogP contribution in [-0.4, -0.2) is 80.8 Å². The molecular formula is C46H64N4O9. The summed E-state index contributed by atoms with van der Waals surface area (Å²) in [5.41, 5.74) is -1.06. The lowest BCUT2D eigenvalue weighted by Gasteiger charge is -2.34. The van der Waals surface area contributed by atoms with E-state index >= 15 is 0 Å². The molecule has 5 heterocycles. The summed E-state index contributed by atoms with van der Waals surface area (Å²) in [7, 11) is 1.00. The van der Waals surface area contributed by atoms with E-state index in [2.05, 4.69) is 22.5 Å². The van der Waals surface area contributed by atoms with Crippen LogP contribution in [-0.2, 0) is 14.3 Å². The number of esters is 1. The van der Waals surface area contributed by atoms with Crippen molar-refractivity contribution >= 4 is 34.1 Å². The molecule has 0 spiro atoms. The van der Waals surface area contributed by atoms with Gasteiger partial charge >= 0.3 is 5.97 Å². The Morgan fingerprint density at radius 3 is 2.32 bits per heavy atom. The number of aliphatic hydroxyl groups excluding tert-OH is 2. The largest absolute Gasteiger partial charge is 0.507 e. The van der Waals surface area contributed by atoms with Gasteiger partial charge in [0, 0.05) is 61.4 Å². The fraction of sp³-hybridized carbons (Fsp3) is 0.587. The van der Waals surface area contributed by atoms with Crippen molar-refractivity contribution in [3.63, 3.8) is 0 Å². The van der Waals surface area contributed by atoms with Gasteiger partial charge in [-0.1, -0.05) is 58.1 Å². The maximum atomic E-state index is 14.7. The third kappa shape index (κ3) is 9.12. The Labute approximate surface area is 347 Å². The molecule has 1 saturated heterocycles. The van der Waals surface area contributed by atoms with Crippen molar-refractivity contribution in [3.05, 3.63) is 57.8 Å². The Morgan fingerprint density at radius 2 is 1.68 bits per heavy atom. The van der Waals surface area contributed by atoms with E-state index in [-0.39, 0.29) is 86.0 Å². The van der Waals surface area contributed by atoms with Gasteiger partial charge in [-0.2, -0.15) is 0 Å². The molecule has 2 unspecified atom stereocenters. The Bertz CT molecular complexity index is 2200. The number of benzene rings is 2. The molecule has 0 aromatic heterocycles. The van der Waals surface area contributed by atoms with E-state index in [1.54, 1.807) is 32.9 Å². The van der Waals surface area contributed by atoms with Crippen LogP contribution in [0.1, 0.15) is 117 Å². The summed E-state index contributed by atoms with van der Waals surface area (Å²) in [6.45, 7) is 18.3. The van der Waals surface area contributed by atoms with Crippen molar-refractivity contribution < 1.29 is 44.3 Å². The van der Waals surface area contributed by atoms with Gasteiger partial charge in [-0.15, -0.1) is 0 Å². The minimum Gasteiger partial charge on any atom is -0.507 e. The van der Waals surface area contributed by atoms with Crippen LogP contribution in [0.25, 0.3) is 10.8 Å². The number of ketones is 1. The second-order valence-corrected chi connectivity index (χ2v) is 17.7. The van der Waals surface area contributed by atoms with Crippen LogP contribution in [0.2, 0.25) is 0 Å². The summed E-state index contributed by atoms with van der Waals surface area (Å²) in [5.74, 6) is -2.47. The fourth-order valence-electron chi connectivity index (χ4n) is 9.29. The van der Waals surface area contributed by atoms with Gasteiger partial charge in [-0.25, -0.2) is 4.99 Å². The quantitative estimate of drug-likeness (QED) is 0.120. The molecule has 5 aliphatic rings. The monoisotopic (exact) mass is 816 g/mol. The van der Waals surface area contributed by atoms with Gasteiger partial charge in [0.2, 0.25) is 5.78 Å². The minimum atomic E-state index is -1.36. The van der Waals surface area contributed by atoms with Crippen molar-refractivity contribution in [1.82, 2.24) is 5.32 Å². The molecule has 7 rings (SSSR count). The van der Waals surface area contributed by atoms with Crippen molar-refractivity contribution in [3.8, 4) is 17.2 Å². The van der Waals surface area contributed by atoms with E-state index in [1.165, 1.54) is 6.92 Å². The fourth-order valence-corrected chi connectivity index (χ4v) is 9.29. The lowest BCUT2D eigenvalue weighted by atomic mass is 9.80. The average molecular weight is 817 g/mol. The van der Waals surface area contributed by atoms with Gasteiger partial charge in [-0.05, 0) is 78.1 Å². The van der Waals surface area contributed by atoms with E-state index in [9.17, 15) is 29.7 Å². The smallest absolute Gasteiger partial charge is 0.302 e. The normalized spacial score (nSPS) is 34.4. The molecule has 5 bridgehead atoms. The van der Waals surface area contributed by atoms with E-state index < -0.39 is 41.1 Å². The topological polar surface area (TPSA) is 199 Å². The zero-order valence-corrected chi connectivity index (χ0v) is 36.5. The first-order chi connectivity index (χ1) is 27.7. The zero-order chi connectivity index (χ0) is 43.7. The highest BCUT2D eigenvalue weighted by Crippen LogP contribution is 2.51. The number of phenols is 2. The van der Waals surface area contributed by atoms with Gasteiger partial charge in [-0.3, -0.25) is 19.4 Å². The number of hydrogen-bond acceptors (Lipinski definition) is 12. The number of allylic oxidation sites excluding steroid dienone is 4. The van der Waals surface area contributed by atoms with Crippen LogP contribution in [0.4, 0.5) is 5.69 Å². The molecule has 1 amide bonds. The highest BCUT2D eigenvalue weighted by atomic mass is 16.5. The van der Waals surface area contributed by atoms with E-state index in [0.29, 0.717) is 36.6 Å². The first kappa shape index (κ1) is 45.5.